The molecule has 0 saturated heterocycles. The molecule has 168 valence electrons. The van der Waals surface area contributed by atoms with Crippen molar-refractivity contribution in [2.75, 3.05) is 5.32 Å². The van der Waals surface area contributed by atoms with Gasteiger partial charge in [0.05, 0.1) is 0 Å². The van der Waals surface area contributed by atoms with Crippen LogP contribution in [0.25, 0.3) is 22.3 Å². The number of aromatic hydroxyl groups is 1. The summed E-state index contributed by atoms with van der Waals surface area (Å²) < 4.78 is 11.9. The molecule has 0 amide bonds. The van der Waals surface area contributed by atoms with Gasteiger partial charge in [0, 0.05) is 35.5 Å². The first kappa shape index (κ1) is 21.2. The Morgan fingerprint density at radius 1 is 0.912 bits per heavy atom. The van der Waals surface area contributed by atoms with Gasteiger partial charge in [-0.3, -0.25) is 4.79 Å². The normalized spacial score (nSPS) is 10.9. The number of aryl methyl sites for hydroxylation is 2. The van der Waals surface area contributed by atoms with Crippen LogP contribution >= 0.6 is 0 Å². The van der Waals surface area contributed by atoms with Gasteiger partial charge in [0.1, 0.15) is 39.9 Å². The van der Waals surface area contributed by atoms with E-state index in [9.17, 15) is 9.90 Å². The van der Waals surface area contributed by atoms with Crippen LogP contribution in [0.4, 0.5) is 11.5 Å². The van der Waals surface area contributed by atoms with Crippen molar-refractivity contribution in [3.63, 3.8) is 0 Å². The zero-order valence-corrected chi connectivity index (χ0v) is 18.6. The van der Waals surface area contributed by atoms with Crippen molar-refractivity contribution in [3.8, 4) is 28.7 Å². The molecule has 0 unspecified atom stereocenters. The lowest BCUT2D eigenvalue weighted by molar-refractivity contribution is 0.445. The SMILES string of the molecule is Cc1ccc(Nc2cc(Oc3cc(O)c4c(=O)cc(-c5ccccc5)oc4c3)nc(C)n2)cc1. The van der Waals surface area contributed by atoms with Crippen LogP contribution in [0.15, 0.2) is 88.1 Å². The maximum absolute atomic E-state index is 12.7. The Balaban J connectivity index is 1.49. The maximum Gasteiger partial charge on any atom is 0.224 e. The lowest BCUT2D eigenvalue weighted by Crippen LogP contribution is -2.02. The molecule has 0 aliphatic rings. The van der Waals surface area contributed by atoms with E-state index in [1.807, 2.05) is 61.5 Å². The third kappa shape index (κ3) is 4.45. The fraction of sp³-hybridized carbons (Fsp3) is 0.0741. The lowest BCUT2D eigenvalue weighted by atomic mass is 10.1. The van der Waals surface area contributed by atoms with Gasteiger partial charge in [-0.1, -0.05) is 48.0 Å². The topological polar surface area (TPSA) is 97.5 Å². The molecule has 5 rings (SSSR count). The number of rotatable bonds is 5. The maximum atomic E-state index is 12.7. The van der Waals surface area contributed by atoms with Crippen LogP contribution in [0.3, 0.4) is 0 Å². The van der Waals surface area contributed by atoms with Crippen LogP contribution in [-0.2, 0) is 0 Å². The summed E-state index contributed by atoms with van der Waals surface area (Å²) in [6.45, 7) is 3.78. The zero-order valence-electron chi connectivity index (χ0n) is 18.6. The molecule has 3 aromatic carbocycles. The van der Waals surface area contributed by atoms with Gasteiger partial charge in [-0.25, -0.2) is 4.98 Å². The molecule has 0 fully saturated rings. The number of benzene rings is 3. The van der Waals surface area contributed by atoms with Gasteiger partial charge in [-0.15, -0.1) is 0 Å². The van der Waals surface area contributed by atoms with Crippen molar-refractivity contribution < 1.29 is 14.3 Å². The summed E-state index contributed by atoms with van der Waals surface area (Å²) >= 11 is 0. The Morgan fingerprint density at radius 3 is 2.44 bits per heavy atom. The molecule has 0 spiro atoms. The number of hydrogen-bond acceptors (Lipinski definition) is 7. The Bertz CT molecular complexity index is 1550. The Morgan fingerprint density at radius 2 is 1.68 bits per heavy atom. The molecule has 0 aliphatic heterocycles. The van der Waals surface area contributed by atoms with E-state index < -0.39 is 0 Å². The number of anilines is 2. The average molecular weight is 451 g/mol. The van der Waals surface area contributed by atoms with Crippen molar-refractivity contribution >= 4 is 22.5 Å². The molecule has 0 radical (unpaired) electrons. The molecule has 2 heterocycles. The minimum absolute atomic E-state index is 0.0904. The van der Waals surface area contributed by atoms with Gasteiger partial charge in [-0.05, 0) is 26.0 Å². The molecule has 0 atom stereocenters. The van der Waals surface area contributed by atoms with Gasteiger partial charge in [0.15, 0.2) is 5.43 Å². The van der Waals surface area contributed by atoms with Crippen molar-refractivity contribution in [2.24, 2.45) is 0 Å². The predicted molar refractivity (Wildman–Crippen MR) is 131 cm³/mol. The first-order valence-electron chi connectivity index (χ1n) is 10.7. The highest BCUT2D eigenvalue weighted by molar-refractivity contribution is 5.86. The largest absolute Gasteiger partial charge is 0.507 e. The number of aromatic nitrogens is 2. The number of ether oxygens (including phenoxy) is 1. The number of nitrogens with zero attached hydrogens (tertiary/aromatic N) is 2. The van der Waals surface area contributed by atoms with E-state index in [1.54, 1.807) is 19.1 Å². The second-order valence-corrected chi connectivity index (χ2v) is 7.89. The quantitative estimate of drug-likeness (QED) is 0.333. The number of phenolic OH excluding ortho intramolecular Hbond substituents is 1. The second kappa shape index (κ2) is 8.71. The van der Waals surface area contributed by atoms with Crippen LogP contribution in [0.5, 0.6) is 17.4 Å². The molecule has 0 bridgehead atoms. The van der Waals surface area contributed by atoms with E-state index in [1.165, 1.54) is 12.1 Å². The fourth-order valence-corrected chi connectivity index (χ4v) is 3.61. The summed E-state index contributed by atoms with van der Waals surface area (Å²) in [5.41, 5.74) is 2.67. The minimum Gasteiger partial charge on any atom is -0.507 e. The van der Waals surface area contributed by atoms with Crippen molar-refractivity contribution in [1.82, 2.24) is 9.97 Å². The van der Waals surface area contributed by atoms with Crippen molar-refractivity contribution in [3.05, 3.63) is 100 Å². The summed E-state index contributed by atoms with van der Waals surface area (Å²) in [4.78, 5) is 21.4. The summed E-state index contributed by atoms with van der Waals surface area (Å²) in [6.07, 6.45) is 0. The van der Waals surface area contributed by atoms with E-state index in [0.717, 1.165) is 16.8 Å². The third-order valence-electron chi connectivity index (χ3n) is 5.20. The Labute approximate surface area is 195 Å². The zero-order chi connectivity index (χ0) is 23.7. The lowest BCUT2D eigenvalue weighted by Gasteiger charge is -2.11. The minimum atomic E-state index is -0.341. The number of hydrogen-bond donors (Lipinski definition) is 2. The third-order valence-corrected chi connectivity index (χ3v) is 5.20. The summed E-state index contributed by atoms with van der Waals surface area (Å²) in [5.74, 6) is 1.80. The monoisotopic (exact) mass is 451 g/mol. The van der Waals surface area contributed by atoms with Crippen LogP contribution in [0.1, 0.15) is 11.4 Å². The van der Waals surface area contributed by atoms with Gasteiger partial charge < -0.3 is 19.6 Å². The standard InChI is InChI=1S/C27H21N3O4/c1-16-8-10-19(11-9-16)30-25-15-26(29-17(2)28-25)33-20-12-21(31)27-22(32)14-23(34-24(27)13-20)18-6-4-3-5-7-18/h3-15,31H,1-2H3,(H,28,29,30). The summed E-state index contributed by atoms with van der Waals surface area (Å²) in [6, 6.07) is 23.2. The average Bonchev–Trinajstić information content (AvgIpc) is 2.80. The van der Waals surface area contributed by atoms with Crippen LogP contribution in [0, 0.1) is 13.8 Å². The molecule has 7 heteroatoms. The molecule has 0 saturated carbocycles. The number of fused-ring (bicyclic) bond motifs is 1. The second-order valence-electron chi connectivity index (χ2n) is 7.89. The smallest absolute Gasteiger partial charge is 0.224 e. The molecular formula is C27H21N3O4. The molecule has 2 N–H and O–H groups in total. The number of phenols is 1. The highest BCUT2D eigenvalue weighted by Gasteiger charge is 2.14. The highest BCUT2D eigenvalue weighted by Crippen LogP contribution is 2.33. The van der Waals surface area contributed by atoms with E-state index in [2.05, 4.69) is 15.3 Å². The van der Waals surface area contributed by atoms with Gasteiger partial charge in [0.2, 0.25) is 5.88 Å². The fourth-order valence-electron chi connectivity index (χ4n) is 3.61. The predicted octanol–water partition coefficient (Wildman–Crippen LogP) is 6.11. The highest BCUT2D eigenvalue weighted by atomic mass is 16.5. The molecule has 2 aromatic heterocycles. The van der Waals surface area contributed by atoms with Gasteiger partial charge >= 0.3 is 0 Å². The van der Waals surface area contributed by atoms with Crippen molar-refractivity contribution in [1.29, 1.82) is 0 Å². The van der Waals surface area contributed by atoms with Gasteiger partial charge in [0.25, 0.3) is 0 Å². The van der Waals surface area contributed by atoms with E-state index in [0.29, 0.717) is 17.4 Å². The Kier molecular flexibility index (Phi) is 5.43. The van der Waals surface area contributed by atoms with E-state index >= 15 is 0 Å². The summed E-state index contributed by atoms with van der Waals surface area (Å²) in [5, 5.41) is 13.8. The van der Waals surface area contributed by atoms with E-state index in [-0.39, 0.29) is 33.8 Å². The molecule has 0 aliphatic carbocycles. The molecule has 5 aromatic rings. The molecule has 34 heavy (non-hydrogen) atoms. The van der Waals surface area contributed by atoms with Gasteiger partial charge in [-0.2, -0.15) is 4.98 Å². The first-order chi connectivity index (χ1) is 16.4. The Hall–Kier alpha value is -4.65. The van der Waals surface area contributed by atoms with E-state index in [4.69, 9.17) is 9.15 Å². The van der Waals surface area contributed by atoms with Crippen LogP contribution in [-0.4, -0.2) is 15.1 Å². The van der Waals surface area contributed by atoms with Crippen molar-refractivity contribution in [2.45, 2.75) is 13.8 Å². The van der Waals surface area contributed by atoms with Crippen LogP contribution in [0.2, 0.25) is 0 Å². The molecular weight excluding hydrogens is 430 g/mol. The van der Waals surface area contributed by atoms with Crippen LogP contribution < -0.4 is 15.5 Å². The summed E-state index contributed by atoms with van der Waals surface area (Å²) in [7, 11) is 0. The molecule has 7 nitrogen and oxygen atoms in total. The number of nitrogens with one attached hydrogen (secondary N) is 1. The first-order valence-corrected chi connectivity index (χ1v) is 10.7.